The molecule has 0 radical (unpaired) electrons. The average molecular weight is 342 g/mol. The Kier molecular flexibility index (Phi) is 5.84. The number of carbonyl (C=O) groups is 2. The minimum Gasteiger partial charge on any atom is -0.480 e. The number of nitro benzene ring substituents is 1. The van der Waals surface area contributed by atoms with E-state index < -0.39 is 11.0 Å². The van der Waals surface area contributed by atoms with Gasteiger partial charge >= 0.3 is 0 Å². The van der Waals surface area contributed by atoms with Crippen molar-refractivity contribution in [1.29, 1.82) is 0 Å². The number of likely N-dealkylation sites (N-methyl/N-ethyl adjacent to an activating group) is 1. The van der Waals surface area contributed by atoms with E-state index in [9.17, 15) is 19.7 Å². The van der Waals surface area contributed by atoms with Crippen LogP contribution in [0.4, 0.5) is 5.69 Å². The Morgan fingerprint density at radius 3 is 2.56 bits per heavy atom. The van der Waals surface area contributed by atoms with Gasteiger partial charge < -0.3 is 9.64 Å². The van der Waals surface area contributed by atoms with Crippen molar-refractivity contribution < 1.29 is 19.2 Å². The van der Waals surface area contributed by atoms with Crippen LogP contribution in [-0.4, -0.2) is 35.2 Å². The summed E-state index contributed by atoms with van der Waals surface area (Å²) in [5.41, 5.74) is 0.795. The minimum atomic E-state index is -0.839. The zero-order chi connectivity index (χ0) is 18.4. The number of hydrogen-bond donors (Lipinski definition) is 0. The summed E-state index contributed by atoms with van der Waals surface area (Å²) in [6.07, 6.45) is -0.374. The minimum absolute atomic E-state index is 0.0274. The number of carbonyl (C=O) groups excluding carboxylic acids is 2. The highest BCUT2D eigenvalue weighted by Gasteiger charge is 2.21. The molecule has 0 bridgehead atoms. The second kappa shape index (κ2) is 8.05. The molecular formula is C18H18N2O5. The number of non-ortho nitro benzene ring substituents is 1. The van der Waals surface area contributed by atoms with Gasteiger partial charge in [0.15, 0.2) is 12.4 Å². The van der Waals surface area contributed by atoms with Crippen molar-refractivity contribution in [2.75, 3.05) is 7.05 Å². The lowest BCUT2D eigenvalue weighted by Crippen LogP contribution is -2.37. The lowest BCUT2D eigenvalue weighted by molar-refractivity contribution is -0.384. The first-order chi connectivity index (χ1) is 11.9. The summed E-state index contributed by atoms with van der Waals surface area (Å²) < 4.78 is 5.55. The molecule has 0 aliphatic heterocycles. The van der Waals surface area contributed by atoms with Crippen molar-refractivity contribution >= 4 is 17.9 Å². The van der Waals surface area contributed by atoms with Crippen LogP contribution in [-0.2, 0) is 11.3 Å². The highest BCUT2D eigenvalue weighted by molar-refractivity contribution is 5.83. The predicted molar refractivity (Wildman–Crippen MR) is 91.5 cm³/mol. The molecule has 1 atom stereocenters. The van der Waals surface area contributed by atoms with Crippen LogP contribution in [0.5, 0.6) is 5.75 Å². The fourth-order valence-electron chi connectivity index (χ4n) is 2.34. The van der Waals surface area contributed by atoms with E-state index in [0.717, 1.165) is 11.6 Å². The third-order valence-corrected chi connectivity index (χ3v) is 3.62. The largest absolute Gasteiger partial charge is 0.480 e. The van der Waals surface area contributed by atoms with E-state index in [1.165, 1.54) is 17.0 Å². The van der Waals surface area contributed by atoms with Crippen LogP contribution >= 0.6 is 0 Å². The number of rotatable bonds is 7. The number of ether oxygens (including phenoxy) is 1. The Hall–Kier alpha value is -3.22. The molecule has 0 aliphatic rings. The lowest BCUT2D eigenvalue weighted by Gasteiger charge is -2.22. The molecule has 0 saturated carbocycles. The standard InChI is InChI=1S/C18H18N2O5/c1-13(18(22)19(2)11-14-6-4-3-5-7-14)25-17-9-8-16(20(23)24)10-15(17)12-21/h3-10,12-13H,11H2,1-2H3/t13-/m1/s1. The Morgan fingerprint density at radius 2 is 1.96 bits per heavy atom. The average Bonchev–Trinajstić information content (AvgIpc) is 2.61. The summed E-state index contributed by atoms with van der Waals surface area (Å²) in [6, 6.07) is 13.2. The van der Waals surface area contributed by atoms with E-state index in [1.54, 1.807) is 14.0 Å². The second-order valence-corrected chi connectivity index (χ2v) is 5.54. The Bertz CT molecular complexity index is 776. The van der Waals surface area contributed by atoms with Crippen molar-refractivity contribution in [1.82, 2.24) is 4.90 Å². The normalized spacial score (nSPS) is 11.4. The quantitative estimate of drug-likeness (QED) is 0.438. The summed E-state index contributed by atoms with van der Waals surface area (Å²) >= 11 is 0. The monoisotopic (exact) mass is 342 g/mol. The Balaban J connectivity index is 2.08. The fraction of sp³-hybridized carbons (Fsp3) is 0.222. The third-order valence-electron chi connectivity index (χ3n) is 3.62. The van der Waals surface area contributed by atoms with E-state index in [-0.39, 0.29) is 22.9 Å². The van der Waals surface area contributed by atoms with Crippen molar-refractivity contribution in [2.45, 2.75) is 19.6 Å². The van der Waals surface area contributed by atoms with Crippen LogP contribution in [0.3, 0.4) is 0 Å². The number of nitro groups is 1. The molecule has 0 saturated heterocycles. The van der Waals surface area contributed by atoms with Crippen molar-refractivity contribution in [3.05, 3.63) is 69.8 Å². The number of amides is 1. The molecule has 0 unspecified atom stereocenters. The van der Waals surface area contributed by atoms with Crippen LogP contribution in [0.25, 0.3) is 0 Å². The van der Waals surface area contributed by atoms with Crippen LogP contribution in [0.15, 0.2) is 48.5 Å². The number of aldehydes is 1. The van der Waals surface area contributed by atoms with Crippen LogP contribution in [0, 0.1) is 10.1 Å². The van der Waals surface area contributed by atoms with Gasteiger partial charge in [0.25, 0.3) is 11.6 Å². The number of nitrogens with zero attached hydrogens (tertiary/aromatic N) is 2. The summed E-state index contributed by atoms with van der Waals surface area (Å²) in [6.45, 7) is 1.99. The van der Waals surface area contributed by atoms with Gasteiger partial charge in [-0.25, -0.2) is 0 Å². The van der Waals surface area contributed by atoms with Gasteiger partial charge in [-0.2, -0.15) is 0 Å². The maximum Gasteiger partial charge on any atom is 0.270 e. The summed E-state index contributed by atoms with van der Waals surface area (Å²) in [5, 5.41) is 10.8. The third kappa shape index (κ3) is 4.63. The van der Waals surface area contributed by atoms with Crippen LogP contribution in [0.1, 0.15) is 22.8 Å². The molecule has 0 heterocycles. The molecule has 2 aromatic carbocycles. The van der Waals surface area contributed by atoms with Gasteiger partial charge in [0.2, 0.25) is 0 Å². The molecule has 0 fully saturated rings. The summed E-state index contributed by atoms with van der Waals surface area (Å²) in [5.74, 6) is -0.131. The fourth-order valence-corrected chi connectivity index (χ4v) is 2.34. The SMILES string of the molecule is C[C@@H](Oc1ccc([N+](=O)[O-])cc1C=O)C(=O)N(C)Cc1ccccc1. The van der Waals surface area contributed by atoms with Gasteiger partial charge in [-0.3, -0.25) is 19.7 Å². The van der Waals surface area contributed by atoms with Gasteiger partial charge in [0.05, 0.1) is 10.5 Å². The summed E-state index contributed by atoms with van der Waals surface area (Å²) in [4.78, 5) is 35.2. The molecule has 0 N–H and O–H groups in total. The van der Waals surface area contributed by atoms with E-state index in [0.29, 0.717) is 12.8 Å². The summed E-state index contributed by atoms with van der Waals surface area (Å²) in [7, 11) is 1.66. The molecule has 1 amide bonds. The Labute approximate surface area is 145 Å². The van der Waals surface area contributed by atoms with E-state index in [2.05, 4.69) is 0 Å². The first-order valence-corrected chi connectivity index (χ1v) is 7.61. The Morgan fingerprint density at radius 1 is 1.28 bits per heavy atom. The molecule has 0 spiro atoms. The lowest BCUT2D eigenvalue weighted by atomic mass is 10.2. The first kappa shape index (κ1) is 18.1. The van der Waals surface area contributed by atoms with Gasteiger partial charge in [-0.05, 0) is 18.6 Å². The molecule has 25 heavy (non-hydrogen) atoms. The zero-order valence-corrected chi connectivity index (χ0v) is 13.9. The number of hydrogen-bond acceptors (Lipinski definition) is 5. The molecule has 2 rings (SSSR count). The molecule has 0 aliphatic carbocycles. The molecule has 2 aromatic rings. The molecule has 130 valence electrons. The molecule has 7 nitrogen and oxygen atoms in total. The van der Waals surface area contributed by atoms with E-state index in [1.807, 2.05) is 30.3 Å². The maximum atomic E-state index is 12.4. The number of benzene rings is 2. The topological polar surface area (TPSA) is 89.7 Å². The first-order valence-electron chi connectivity index (χ1n) is 7.61. The van der Waals surface area contributed by atoms with Crippen molar-refractivity contribution in [2.24, 2.45) is 0 Å². The highest BCUT2D eigenvalue weighted by Crippen LogP contribution is 2.24. The van der Waals surface area contributed by atoms with Gasteiger partial charge in [-0.1, -0.05) is 30.3 Å². The van der Waals surface area contributed by atoms with Crippen molar-refractivity contribution in [3.63, 3.8) is 0 Å². The van der Waals surface area contributed by atoms with Gasteiger partial charge in [0, 0.05) is 25.7 Å². The smallest absolute Gasteiger partial charge is 0.270 e. The van der Waals surface area contributed by atoms with E-state index in [4.69, 9.17) is 4.74 Å². The van der Waals surface area contributed by atoms with Gasteiger partial charge in [0.1, 0.15) is 5.75 Å². The van der Waals surface area contributed by atoms with Crippen LogP contribution < -0.4 is 4.74 Å². The highest BCUT2D eigenvalue weighted by atomic mass is 16.6. The second-order valence-electron chi connectivity index (χ2n) is 5.54. The van der Waals surface area contributed by atoms with Crippen LogP contribution in [0.2, 0.25) is 0 Å². The predicted octanol–water partition coefficient (Wildman–Crippen LogP) is 2.83. The van der Waals surface area contributed by atoms with Crippen molar-refractivity contribution in [3.8, 4) is 5.75 Å². The van der Waals surface area contributed by atoms with Gasteiger partial charge in [-0.15, -0.1) is 0 Å². The molecule has 7 heteroatoms. The molecule has 0 aromatic heterocycles. The zero-order valence-electron chi connectivity index (χ0n) is 13.9. The van der Waals surface area contributed by atoms with E-state index >= 15 is 0 Å². The maximum absolute atomic E-state index is 12.4. The molecular weight excluding hydrogens is 324 g/mol.